The second-order valence-corrected chi connectivity index (χ2v) is 1.52. The van der Waals surface area contributed by atoms with Gasteiger partial charge in [-0.2, -0.15) is 0 Å². The minimum atomic E-state index is -0.212. The number of hydrogen-bond acceptors (Lipinski definition) is 3. The molecule has 1 amide bonds. The van der Waals surface area contributed by atoms with Crippen LogP contribution in [0.15, 0.2) is 4.99 Å². The van der Waals surface area contributed by atoms with Crippen molar-refractivity contribution in [2.75, 3.05) is 7.05 Å². The van der Waals surface area contributed by atoms with Crippen LogP contribution >= 0.6 is 24.0 Å². The molecule has 0 aromatic carbocycles. The van der Waals surface area contributed by atoms with E-state index >= 15 is 0 Å². The molecule has 0 fully saturated rings. The number of carbonyl (C=O) groups excluding carboxylic acids is 1. The van der Waals surface area contributed by atoms with Gasteiger partial charge in [0, 0.05) is 14.0 Å². The van der Waals surface area contributed by atoms with Crippen LogP contribution in [0.3, 0.4) is 0 Å². The zero-order valence-electron chi connectivity index (χ0n) is 6.34. The Bertz CT molecular complexity index is 147. The third-order valence-electron chi connectivity index (χ3n) is 0.717. The van der Waals surface area contributed by atoms with Crippen molar-refractivity contribution in [3.63, 3.8) is 0 Å². The molecule has 0 saturated heterocycles. The van der Waals surface area contributed by atoms with Crippen molar-refractivity contribution in [3.05, 3.63) is 0 Å². The van der Waals surface area contributed by atoms with Gasteiger partial charge in [0.15, 0.2) is 0 Å². The predicted octanol–water partition coefficient (Wildman–Crippen LogP) is -1.31. The number of hydrazine groups is 2. The fraction of sp³-hybridized carbons (Fsp3) is 0.500. The Balaban J connectivity index is 0. The molecule has 0 spiro atoms. The quantitative estimate of drug-likeness (QED) is 0.145. The Morgan fingerprint density at radius 2 is 2.00 bits per heavy atom. The lowest BCUT2D eigenvalue weighted by Gasteiger charge is -2.06. The molecule has 0 aliphatic rings. The molecule has 0 aromatic rings. The topological polar surface area (TPSA) is 91.5 Å². The van der Waals surface area contributed by atoms with Crippen molar-refractivity contribution in [1.29, 1.82) is 0 Å². The maximum atomic E-state index is 10.3. The first-order chi connectivity index (χ1) is 4.70. The zero-order valence-corrected chi connectivity index (χ0v) is 8.67. The van der Waals surface area contributed by atoms with E-state index in [1.807, 2.05) is 0 Å². The molecule has 11 heavy (non-hydrogen) atoms. The molecule has 0 heterocycles. The number of guanidine groups is 1. The van der Waals surface area contributed by atoms with Crippen molar-refractivity contribution in [2.24, 2.45) is 10.8 Å². The lowest BCUT2D eigenvalue weighted by Crippen LogP contribution is -2.49. The molecule has 0 unspecified atom stereocenters. The van der Waals surface area contributed by atoms with E-state index in [-0.39, 0.29) is 29.9 Å². The Morgan fingerprint density at radius 3 is 2.27 bits per heavy atom. The average molecular weight is 273 g/mol. The molecular weight excluding hydrogens is 261 g/mol. The summed E-state index contributed by atoms with van der Waals surface area (Å²) < 4.78 is 0. The highest BCUT2D eigenvalue weighted by molar-refractivity contribution is 14.0. The minimum Gasteiger partial charge on any atom is -0.293 e. The van der Waals surface area contributed by atoms with Gasteiger partial charge in [-0.25, -0.2) is 5.84 Å². The van der Waals surface area contributed by atoms with Gasteiger partial charge in [-0.1, -0.05) is 0 Å². The van der Waals surface area contributed by atoms with Gasteiger partial charge in [-0.3, -0.25) is 26.1 Å². The van der Waals surface area contributed by atoms with Crippen LogP contribution in [0.2, 0.25) is 0 Å². The molecule has 6 nitrogen and oxygen atoms in total. The van der Waals surface area contributed by atoms with E-state index in [4.69, 9.17) is 5.84 Å². The van der Waals surface area contributed by atoms with Crippen LogP contribution in [0.5, 0.6) is 0 Å². The van der Waals surface area contributed by atoms with Gasteiger partial charge in [0.25, 0.3) is 0 Å². The van der Waals surface area contributed by atoms with Crippen molar-refractivity contribution in [3.8, 4) is 0 Å². The van der Waals surface area contributed by atoms with Gasteiger partial charge in [-0.05, 0) is 0 Å². The maximum absolute atomic E-state index is 10.3. The number of amides is 1. The smallest absolute Gasteiger partial charge is 0.235 e. The monoisotopic (exact) mass is 273 g/mol. The number of carbonyl (C=O) groups is 1. The molecule has 0 atom stereocenters. The summed E-state index contributed by atoms with van der Waals surface area (Å²) >= 11 is 0. The molecule has 5 N–H and O–H groups in total. The fourth-order valence-corrected chi connectivity index (χ4v) is 0.304. The highest BCUT2D eigenvalue weighted by Crippen LogP contribution is 1.58. The van der Waals surface area contributed by atoms with E-state index < -0.39 is 0 Å². The van der Waals surface area contributed by atoms with Crippen LogP contribution in [-0.2, 0) is 4.79 Å². The van der Waals surface area contributed by atoms with E-state index in [1.165, 1.54) is 14.0 Å². The summed E-state index contributed by atoms with van der Waals surface area (Å²) in [5.41, 5.74) is 6.95. The van der Waals surface area contributed by atoms with Gasteiger partial charge in [0.1, 0.15) is 0 Å². The Kier molecular flexibility index (Phi) is 8.94. The van der Waals surface area contributed by atoms with Crippen molar-refractivity contribution >= 4 is 35.8 Å². The highest BCUT2D eigenvalue weighted by Gasteiger charge is 1.91. The zero-order chi connectivity index (χ0) is 7.98. The number of nitrogens with one attached hydrogen (secondary N) is 3. The van der Waals surface area contributed by atoms with Gasteiger partial charge in [0.05, 0.1) is 0 Å². The number of aliphatic imine (C=N–C) groups is 1. The van der Waals surface area contributed by atoms with Crippen molar-refractivity contribution in [2.45, 2.75) is 6.92 Å². The SMILES string of the molecule is CN=C(NN)NNC(C)=O.I. The summed E-state index contributed by atoms with van der Waals surface area (Å²) in [7, 11) is 1.53. The second-order valence-electron chi connectivity index (χ2n) is 1.52. The molecular formula is C4H12IN5O. The van der Waals surface area contributed by atoms with Gasteiger partial charge >= 0.3 is 0 Å². The lowest BCUT2D eigenvalue weighted by atomic mass is 10.8. The standard InChI is InChI=1S/C4H11N5O.HI/c1-3(10)8-9-4(6-2)7-5;/h5H2,1-2H3,(H,8,10)(H2,6,7,9);1H. The van der Waals surface area contributed by atoms with Crippen LogP contribution < -0.4 is 22.1 Å². The summed E-state index contributed by atoms with van der Waals surface area (Å²) in [5, 5.41) is 0. The number of rotatable bonds is 0. The third-order valence-corrected chi connectivity index (χ3v) is 0.717. The first-order valence-electron chi connectivity index (χ1n) is 2.66. The molecule has 0 aliphatic carbocycles. The largest absolute Gasteiger partial charge is 0.293 e. The predicted molar refractivity (Wildman–Crippen MR) is 53.0 cm³/mol. The van der Waals surface area contributed by atoms with E-state index in [0.717, 1.165) is 0 Å². The summed E-state index contributed by atoms with van der Waals surface area (Å²) in [5.74, 6) is 5.06. The number of nitrogens with two attached hydrogens (primary N) is 1. The summed E-state index contributed by atoms with van der Waals surface area (Å²) in [6, 6.07) is 0. The minimum absolute atomic E-state index is 0. The molecule has 0 aliphatic heterocycles. The molecule has 0 bridgehead atoms. The van der Waals surface area contributed by atoms with E-state index in [0.29, 0.717) is 5.96 Å². The van der Waals surface area contributed by atoms with Crippen LogP contribution in [0, 0.1) is 0 Å². The molecule has 0 rings (SSSR count). The van der Waals surface area contributed by atoms with E-state index in [9.17, 15) is 4.79 Å². The summed E-state index contributed by atoms with van der Waals surface area (Å²) in [4.78, 5) is 13.9. The number of halogens is 1. The lowest BCUT2D eigenvalue weighted by molar-refractivity contribution is -0.119. The van der Waals surface area contributed by atoms with Crippen LogP contribution in [0.4, 0.5) is 0 Å². The molecule has 0 radical (unpaired) electrons. The Morgan fingerprint density at radius 1 is 1.45 bits per heavy atom. The normalized spacial score (nSPS) is 9.55. The summed E-state index contributed by atoms with van der Waals surface area (Å²) in [6.45, 7) is 1.37. The Hall–Kier alpha value is -0.570. The van der Waals surface area contributed by atoms with Gasteiger partial charge in [0.2, 0.25) is 11.9 Å². The van der Waals surface area contributed by atoms with E-state index in [1.54, 1.807) is 0 Å². The molecule has 0 aromatic heterocycles. The first-order valence-corrected chi connectivity index (χ1v) is 2.66. The Labute approximate surface area is 82.0 Å². The fourth-order valence-electron chi connectivity index (χ4n) is 0.304. The van der Waals surface area contributed by atoms with Crippen LogP contribution in [0.1, 0.15) is 6.92 Å². The molecule has 0 saturated carbocycles. The second kappa shape index (κ2) is 7.54. The number of hydrogen-bond donors (Lipinski definition) is 4. The molecule has 66 valence electrons. The van der Waals surface area contributed by atoms with Gasteiger partial charge in [-0.15, -0.1) is 24.0 Å². The third kappa shape index (κ3) is 7.33. The highest BCUT2D eigenvalue weighted by atomic mass is 127. The van der Waals surface area contributed by atoms with E-state index in [2.05, 4.69) is 21.3 Å². The first kappa shape index (κ1) is 13.1. The average Bonchev–Trinajstić information content (AvgIpc) is 1.90. The van der Waals surface area contributed by atoms with Crippen molar-refractivity contribution < 1.29 is 4.79 Å². The maximum Gasteiger partial charge on any atom is 0.235 e. The number of nitrogens with zero attached hydrogens (tertiary/aromatic N) is 1. The molecule has 7 heteroatoms. The van der Waals surface area contributed by atoms with Gasteiger partial charge < -0.3 is 0 Å². The summed E-state index contributed by atoms with van der Waals surface area (Å²) in [6.07, 6.45) is 0. The van der Waals surface area contributed by atoms with Crippen molar-refractivity contribution in [1.82, 2.24) is 16.3 Å². The van der Waals surface area contributed by atoms with Crippen LogP contribution in [0.25, 0.3) is 0 Å². The van der Waals surface area contributed by atoms with Crippen LogP contribution in [-0.4, -0.2) is 18.9 Å².